The number of benzene rings is 2. The maximum atomic E-state index is 13.4. The molecule has 0 bridgehead atoms. The number of ether oxygens (including phenoxy) is 3. The number of aromatic nitrogens is 6. The van der Waals surface area contributed by atoms with E-state index in [1.54, 1.807) is 79.6 Å². The fourth-order valence-corrected chi connectivity index (χ4v) is 15.8. The summed E-state index contributed by atoms with van der Waals surface area (Å²) in [6.45, 7) is 19.7. The first kappa shape index (κ1) is 73.8. The van der Waals surface area contributed by atoms with Crippen molar-refractivity contribution < 1.29 is 58.6 Å². The molecule has 5 N–H and O–H groups in total. The number of H-pyrrole nitrogens is 1. The molecule has 0 aliphatic heterocycles. The molecule has 2 aromatic carbocycles. The van der Waals surface area contributed by atoms with Gasteiger partial charge in [0, 0.05) is 113 Å². The van der Waals surface area contributed by atoms with E-state index in [9.17, 15) is 39.6 Å². The number of nitrogens with zero attached hydrogens (tertiary/aromatic N) is 5. The van der Waals surface area contributed by atoms with Crippen molar-refractivity contribution in [3.05, 3.63) is 106 Å². The summed E-state index contributed by atoms with van der Waals surface area (Å²) in [5, 5.41) is 7.94. The molecule has 8 rings (SSSR count). The number of hydrogen-bond donors (Lipinski definition) is 5. The van der Waals surface area contributed by atoms with E-state index in [0.29, 0.717) is 62.5 Å². The van der Waals surface area contributed by atoms with Gasteiger partial charge in [0.2, 0.25) is 26.3 Å². The lowest BCUT2D eigenvalue weighted by molar-refractivity contribution is -0.156. The number of aromatic amines is 1. The summed E-state index contributed by atoms with van der Waals surface area (Å²) in [5.74, 6) is 2.35. The van der Waals surface area contributed by atoms with Crippen molar-refractivity contribution in [3.63, 3.8) is 0 Å². The first-order chi connectivity index (χ1) is 41.6. The highest BCUT2D eigenvalue weighted by molar-refractivity contribution is 7.90. The fourth-order valence-electron chi connectivity index (χ4n) is 10.0. The summed E-state index contributed by atoms with van der Waals surface area (Å²) in [6.07, 6.45) is 13.8. The van der Waals surface area contributed by atoms with Crippen molar-refractivity contribution in [2.24, 2.45) is 0 Å². The normalized spacial score (nSPS) is 17.1. The van der Waals surface area contributed by atoms with Gasteiger partial charge in [0.25, 0.3) is 0 Å². The second-order valence-electron chi connectivity index (χ2n) is 23.4. The Balaban J connectivity index is 0.000000298. The van der Waals surface area contributed by atoms with Gasteiger partial charge in [-0.1, -0.05) is 65.2 Å². The third-order valence-corrected chi connectivity index (χ3v) is 21.7. The predicted molar refractivity (Wildman–Crippen MR) is 345 cm³/mol. The summed E-state index contributed by atoms with van der Waals surface area (Å²) in [7, 11) is -8.55. The molecule has 28 heteroatoms. The third-order valence-electron chi connectivity index (χ3n) is 14.4. The molecule has 6 aromatic rings. The zero-order valence-electron chi connectivity index (χ0n) is 51.6. The van der Waals surface area contributed by atoms with Gasteiger partial charge in [0.1, 0.15) is 18.4 Å². The maximum Gasteiger partial charge on any atom is 0.446 e. The molecular formula is C61H89F3N10O10S4Si. The first-order valence-corrected chi connectivity index (χ1v) is 38.2. The molecule has 2 aliphatic carbocycles. The van der Waals surface area contributed by atoms with Crippen LogP contribution in [0.2, 0.25) is 25.7 Å². The maximum absolute atomic E-state index is 13.4. The molecule has 89 heavy (non-hydrogen) atoms. The number of thiazole rings is 2. The Kier molecular flexibility index (Phi) is 28.6. The SMILES string of the molecule is C.CCNS(=O)(=O)c1cc(CCc2ncc[nH]2)ccc1-c1cnc(C2CCC(NC(=O)OC(C)C)CC2)s1.CCNS(=O)(=O)c1cc(CCc2nccn2COCC[Si](C)(C)C)ccc1-c1cnc(C2CCC(NC(=O)OC(C)C)CC2)s1.O=CC(F)(F)F. The number of rotatable bonds is 25. The number of carbonyl (C=O) groups excluding carboxylic acids is 3. The van der Waals surface area contributed by atoms with Crippen molar-refractivity contribution in [3.8, 4) is 20.9 Å². The van der Waals surface area contributed by atoms with Crippen LogP contribution < -0.4 is 20.1 Å². The third kappa shape index (κ3) is 24.0. The van der Waals surface area contributed by atoms with Crippen LogP contribution in [0.4, 0.5) is 22.8 Å². The molecule has 0 atom stereocenters. The molecule has 4 heterocycles. The van der Waals surface area contributed by atoms with E-state index in [-0.39, 0.29) is 59.6 Å². The number of alkyl carbamates (subject to hydrolysis) is 2. The van der Waals surface area contributed by atoms with Crippen LogP contribution in [-0.2, 0) is 71.5 Å². The average molecular weight is 1340 g/mol. The Hall–Kier alpha value is -5.88. The van der Waals surface area contributed by atoms with Crippen LogP contribution in [0.5, 0.6) is 0 Å². The van der Waals surface area contributed by atoms with Gasteiger partial charge in [-0.25, -0.2) is 55.8 Å². The number of hydrogen-bond acceptors (Lipinski definition) is 16. The van der Waals surface area contributed by atoms with Gasteiger partial charge >= 0.3 is 18.4 Å². The number of sulfonamides is 2. The smallest absolute Gasteiger partial charge is 0.446 e. The fraction of sp³-hybridized carbons (Fsp3) is 0.557. The van der Waals surface area contributed by atoms with Crippen LogP contribution in [0.15, 0.2) is 83.4 Å². The summed E-state index contributed by atoms with van der Waals surface area (Å²) < 4.78 is 108. The average Bonchev–Trinajstić information content (AvgIpc) is 2.32. The predicted octanol–water partition coefficient (Wildman–Crippen LogP) is 12.7. The van der Waals surface area contributed by atoms with Crippen molar-refractivity contribution >= 4 is 69.3 Å². The lowest BCUT2D eigenvalue weighted by Gasteiger charge is -2.28. The van der Waals surface area contributed by atoms with Gasteiger partial charge in [-0.3, -0.25) is 4.79 Å². The molecule has 2 saturated carbocycles. The Morgan fingerprint density at radius 1 is 0.708 bits per heavy atom. The van der Waals surface area contributed by atoms with Crippen LogP contribution in [0.3, 0.4) is 0 Å². The molecule has 20 nitrogen and oxygen atoms in total. The van der Waals surface area contributed by atoms with Crippen LogP contribution >= 0.6 is 22.7 Å². The Bertz CT molecular complexity index is 3390. The highest BCUT2D eigenvalue weighted by atomic mass is 32.2. The number of alkyl halides is 3. The van der Waals surface area contributed by atoms with Gasteiger partial charge < -0.3 is 34.4 Å². The topological polar surface area (TPSA) is 268 Å². The number of nitrogens with one attached hydrogen (secondary N) is 5. The van der Waals surface area contributed by atoms with Crippen LogP contribution in [0, 0.1) is 0 Å². The van der Waals surface area contributed by atoms with E-state index in [4.69, 9.17) is 24.0 Å². The van der Waals surface area contributed by atoms with E-state index in [0.717, 1.165) is 107 Å². The number of amides is 2. The van der Waals surface area contributed by atoms with E-state index in [1.165, 1.54) is 0 Å². The minimum absolute atomic E-state index is 0. The van der Waals surface area contributed by atoms with Crippen molar-refractivity contribution in [1.29, 1.82) is 0 Å². The van der Waals surface area contributed by atoms with E-state index < -0.39 is 40.6 Å². The highest BCUT2D eigenvalue weighted by Gasteiger charge is 2.30. The molecule has 0 radical (unpaired) electrons. The largest absolute Gasteiger partial charge is 0.447 e. The molecular weight excluding hydrogens is 1250 g/mol. The number of halogens is 3. The van der Waals surface area contributed by atoms with Gasteiger partial charge in [-0.15, -0.1) is 22.7 Å². The summed E-state index contributed by atoms with van der Waals surface area (Å²) in [4.78, 5) is 56.1. The monoisotopic (exact) mass is 1330 g/mol. The van der Waals surface area contributed by atoms with E-state index in [2.05, 4.69) is 59.7 Å². The minimum atomic E-state index is -4.64. The van der Waals surface area contributed by atoms with Crippen LogP contribution in [-0.4, -0.2) is 123 Å². The summed E-state index contributed by atoms with van der Waals surface area (Å²) in [5.41, 5.74) is 3.19. The standard InChI is InChI=1S/C32H49N5O5S2Si.C26H35N5O4S2.C2HF3O.CH4/c1-7-35-44(39,40)29-20-24(9-15-30-33-16-17-37(30)22-41-18-19-45(4,5)6)8-14-27(29)28-21-34-31(43-28)25-10-12-26(13-11-25)36-32(38)42-23(2)3;1-4-30-37(33,34)23-15-18(6-12-24-27-13-14-28-24)5-11-21(23)22-16-29-25(36-22)19-7-9-20(10-8-19)31-26(32)35-17(2)3;3-2(4,5)1-6;/h8,14,16-17,20-21,23,25-26,35H,7,9-13,15,18-19,22H2,1-6H3,(H,36,38);5,11,13-17,19-20,30H,4,6-10,12H2,1-3H3,(H,27,28)(H,31,32);1H;1H4. The minimum Gasteiger partial charge on any atom is -0.447 e. The Morgan fingerprint density at radius 2 is 1.17 bits per heavy atom. The van der Waals surface area contributed by atoms with Crippen molar-refractivity contribution in [1.82, 2.24) is 49.6 Å². The molecule has 2 amide bonds. The van der Waals surface area contributed by atoms with Crippen LogP contribution in [0.25, 0.3) is 20.9 Å². The number of imidazole rings is 2. The van der Waals surface area contributed by atoms with Gasteiger partial charge in [-0.05, 0) is 121 Å². The summed E-state index contributed by atoms with van der Waals surface area (Å²) >= 11 is 3.11. The zero-order valence-corrected chi connectivity index (χ0v) is 55.8. The quantitative estimate of drug-likeness (QED) is 0.0203. The first-order valence-electron chi connectivity index (χ1n) is 29.9. The van der Waals surface area contributed by atoms with Crippen molar-refractivity contribution in [2.45, 2.75) is 211 Å². The number of aryl methyl sites for hydroxylation is 4. The van der Waals surface area contributed by atoms with Crippen molar-refractivity contribution in [2.75, 3.05) is 19.7 Å². The molecule has 0 saturated heterocycles. The van der Waals surface area contributed by atoms with E-state index >= 15 is 0 Å². The molecule has 4 aromatic heterocycles. The molecule has 492 valence electrons. The Morgan fingerprint density at radius 3 is 1.57 bits per heavy atom. The lowest BCUT2D eigenvalue weighted by Crippen LogP contribution is -2.38. The molecule has 2 aliphatic rings. The molecule has 2 fully saturated rings. The van der Waals surface area contributed by atoms with Gasteiger partial charge in [-0.2, -0.15) is 13.2 Å². The highest BCUT2D eigenvalue weighted by Crippen LogP contribution is 2.41. The molecule has 0 spiro atoms. The van der Waals surface area contributed by atoms with Crippen LogP contribution in [0.1, 0.15) is 145 Å². The second-order valence-corrected chi connectivity index (χ2v) is 34.7. The second kappa shape index (κ2) is 34.5. The number of carbonyl (C=O) groups is 3. The van der Waals surface area contributed by atoms with E-state index in [1.807, 2.05) is 62.7 Å². The molecule has 0 unspecified atom stereocenters. The number of aldehydes is 1. The zero-order chi connectivity index (χ0) is 64.2. The van der Waals surface area contributed by atoms with Gasteiger partial charge in [0.15, 0.2) is 0 Å². The Labute approximate surface area is 531 Å². The van der Waals surface area contributed by atoms with Gasteiger partial charge in [0.05, 0.1) is 41.8 Å². The summed E-state index contributed by atoms with van der Waals surface area (Å²) in [6, 6.07) is 12.7. The lowest BCUT2D eigenvalue weighted by atomic mass is 9.86.